The number of carbonyl (C=O) groups excluding carboxylic acids is 2. The van der Waals surface area contributed by atoms with Crippen molar-refractivity contribution >= 4 is 23.2 Å². The number of fused-ring (bicyclic) bond motifs is 1. The normalized spacial score (nSPS) is 22.8. The number of benzene rings is 2. The molecule has 2 amide bonds. The highest BCUT2D eigenvalue weighted by Gasteiger charge is 2.55. The van der Waals surface area contributed by atoms with Gasteiger partial charge in [0.05, 0.1) is 11.4 Å². The van der Waals surface area contributed by atoms with Gasteiger partial charge in [-0.3, -0.25) is 9.59 Å². The van der Waals surface area contributed by atoms with Crippen molar-refractivity contribution in [1.82, 2.24) is 0 Å². The number of hydrogen-bond donors (Lipinski definition) is 0. The van der Waals surface area contributed by atoms with E-state index in [-0.39, 0.29) is 11.8 Å². The third-order valence-electron chi connectivity index (χ3n) is 4.09. The van der Waals surface area contributed by atoms with E-state index in [9.17, 15) is 9.59 Å². The van der Waals surface area contributed by atoms with Crippen molar-refractivity contribution in [2.75, 3.05) is 9.91 Å². The summed E-state index contributed by atoms with van der Waals surface area (Å²) in [6.07, 6.45) is 0. The van der Waals surface area contributed by atoms with Gasteiger partial charge in [0.2, 0.25) is 0 Å². The van der Waals surface area contributed by atoms with E-state index in [4.69, 9.17) is 0 Å². The number of nitrogens with zero attached hydrogens (tertiary/aromatic N) is 4. The zero-order valence-corrected chi connectivity index (χ0v) is 12.5. The summed E-state index contributed by atoms with van der Waals surface area (Å²) < 4.78 is 0. The molecule has 2 aliphatic heterocycles. The summed E-state index contributed by atoms with van der Waals surface area (Å²) in [4.78, 5) is 26.6. The maximum Gasteiger partial charge on any atom is 0.263 e. The quantitative estimate of drug-likeness (QED) is 0.801. The fourth-order valence-corrected chi connectivity index (χ4v) is 2.90. The van der Waals surface area contributed by atoms with Crippen molar-refractivity contribution in [2.45, 2.75) is 19.0 Å². The minimum atomic E-state index is -0.774. The molecule has 6 nitrogen and oxygen atoms in total. The van der Waals surface area contributed by atoms with Crippen LogP contribution in [0, 0.1) is 6.92 Å². The molecule has 2 heterocycles. The van der Waals surface area contributed by atoms with Gasteiger partial charge in [-0.05, 0) is 31.2 Å². The first-order valence-corrected chi connectivity index (χ1v) is 7.36. The predicted molar refractivity (Wildman–Crippen MR) is 85.0 cm³/mol. The molecule has 0 N–H and O–H groups in total. The zero-order chi connectivity index (χ0) is 16.0. The summed E-state index contributed by atoms with van der Waals surface area (Å²) >= 11 is 0. The van der Waals surface area contributed by atoms with Gasteiger partial charge >= 0.3 is 0 Å². The first-order valence-electron chi connectivity index (χ1n) is 7.36. The summed E-state index contributed by atoms with van der Waals surface area (Å²) in [7, 11) is 0. The maximum atomic E-state index is 12.8. The van der Waals surface area contributed by atoms with Crippen LogP contribution in [0.25, 0.3) is 0 Å². The van der Waals surface area contributed by atoms with E-state index in [0.717, 1.165) is 11.3 Å². The Kier molecular flexibility index (Phi) is 2.97. The molecule has 1 saturated heterocycles. The van der Waals surface area contributed by atoms with Gasteiger partial charge < -0.3 is 0 Å². The van der Waals surface area contributed by atoms with Crippen LogP contribution in [-0.4, -0.2) is 23.9 Å². The molecule has 2 aromatic carbocycles. The van der Waals surface area contributed by atoms with Gasteiger partial charge in [0, 0.05) is 0 Å². The molecule has 0 unspecified atom stereocenters. The van der Waals surface area contributed by atoms with E-state index >= 15 is 0 Å². The fourth-order valence-electron chi connectivity index (χ4n) is 2.90. The molecule has 23 heavy (non-hydrogen) atoms. The number of imide groups is 1. The van der Waals surface area contributed by atoms with Crippen LogP contribution < -0.4 is 9.91 Å². The number of carbonyl (C=O) groups is 2. The van der Waals surface area contributed by atoms with Crippen molar-refractivity contribution in [3.8, 4) is 0 Å². The highest BCUT2D eigenvalue weighted by atomic mass is 16.2. The Hall–Kier alpha value is -3.02. The number of anilines is 2. The van der Waals surface area contributed by atoms with Crippen molar-refractivity contribution in [2.24, 2.45) is 10.3 Å². The molecule has 2 aromatic rings. The third-order valence-corrected chi connectivity index (χ3v) is 4.09. The summed E-state index contributed by atoms with van der Waals surface area (Å²) in [5.74, 6) is -0.622. The Morgan fingerprint density at radius 2 is 1.57 bits per heavy atom. The van der Waals surface area contributed by atoms with Gasteiger partial charge in [-0.1, -0.05) is 41.1 Å². The van der Waals surface area contributed by atoms with Crippen LogP contribution in [-0.2, 0) is 9.59 Å². The van der Waals surface area contributed by atoms with E-state index in [0.29, 0.717) is 5.69 Å². The SMILES string of the molecule is Cc1ccc(N2C(=O)[C@H]3N=NN(c4ccccc4)[C@H]3C2=O)cc1. The Morgan fingerprint density at radius 1 is 0.870 bits per heavy atom. The molecule has 114 valence electrons. The highest BCUT2D eigenvalue weighted by molar-refractivity contribution is 6.26. The largest absolute Gasteiger partial charge is 0.271 e. The second-order valence-corrected chi connectivity index (χ2v) is 5.62. The third kappa shape index (κ3) is 2.03. The molecule has 1 fully saturated rings. The number of aryl methyl sites for hydroxylation is 1. The summed E-state index contributed by atoms with van der Waals surface area (Å²) in [5, 5.41) is 9.57. The van der Waals surface area contributed by atoms with Crippen molar-refractivity contribution < 1.29 is 9.59 Å². The van der Waals surface area contributed by atoms with Gasteiger partial charge in [-0.15, -0.1) is 0 Å². The van der Waals surface area contributed by atoms with Gasteiger partial charge in [-0.25, -0.2) is 9.91 Å². The molecular weight excluding hydrogens is 292 g/mol. The molecule has 6 heteroatoms. The Balaban J connectivity index is 1.70. The molecule has 4 rings (SSSR count). The lowest BCUT2D eigenvalue weighted by Crippen LogP contribution is -2.39. The van der Waals surface area contributed by atoms with Gasteiger partial charge in [0.25, 0.3) is 11.8 Å². The molecular formula is C17H14N4O2. The topological polar surface area (TPSA) is 65.3 Å². The molecule has 0 bridgehead atoms. The maximum absolute atomic E-state index is 12.8. The van der Waals surface area contributed by atoms with Crippen molar-refractivity contribution in [3.63, 3.8) is 0 Å². The van der Waals surface area contributed by atoms with Crippen molar-refractivity contribution in [1.29, 1.82) is 0 Å². The number of amides is 2. The standard InChI is InChI=1S/C17H14N4O2/c1-11-7-9-12(10-8-11)20-16(22)14-15(17(20)23)21(19-18-14)13-5-3-2-4-6-13/h2-10,14-15H,1H3/t14-,15+/m0/s1. The summed E-state index contributed by atoms with van der Waals surface area (Å²) in [6, 6.07) is 15.1. The smallest absolute Gasteiger partial charge is 0.263 e. The zero-order valence-electron chi connectivity index (χ0n) is 12.5. The van der Waals surface area contributed by atoms with Crippen LogP contribution in [0.5, 0.6) is 0 Å². The van der Waals surface area contributed by atoms with E-state index in [1.807, 2.05) is 49.4 Å². The van der Waals surface area contributed by atoms with Gasteiger partial charge in [0.15, 0.2) is 12.1 Å². The number of hydrogen-bond acceptors (Lipinski definition) is 5. The lowest BCUT2D eigenvalue weighted by Gasteiger charge is -2.20. The number of rotatable bonds is 2. The van der Waals surface area contributed by atoms with Crippen LogP contribution in [0.4, 0.5) is 11.4 Å². The summed E-state index contributed by atoms with van der Waals surface area (Å²) in [6.45, 7) is 1.96. The first kappa shape index (κ1) is 13.6. The second kappa shape index (κ2) is 5.01. The Labute approximate surface area is 133 Å². The minimum Gasteiger partial charge on any atom is -0.271 e. The molecule has 0 radical (unpaired) electrons. The Morgan fingerprint density at radius 3 is 2.26 bits per heavy atom. The van der Waals surface area contributed by atoms with Crippen molar-refractivity contribution in [3.05, 3.63) is 60.2 Å². The molecule has 0 spiro atoms. The molecule has 2 atom stereocenters. The minimum absolute atomic E-state index is 0.294. The number of para-hydroxylation sites is 1. The molecule has 2 aliphatic rings. The average molecular weight is 306 g/mol. The Bertz CT molecular complexity index is 801. The van der Waals surface area contributed by atoms with Gasteiger partial charge in [-0.2, -0.15) is 5.11 Å². The molecule has 0 aromatic heterocycles. The van der Waals surface area contributed by atoms with E-state index in [1.165, 1.54) is 9.91 Å². The van der Waals surface area contributed by atoms with E-state index in [1.54, 1.807) is 12.1 Å². The molecule has 0 aliphatic carbocycles. The second-order valence-electron chi connectivity index (χ2n) is 5.62. The first-order chi connectivity index (χ1) is 11.2. The lowest BCUT2D eigenvalue weighted by atomic mass is 10.1. The van der Waals surface area contributed by atoms with Crippen LogP contribution in [0.1, 0.15) is 5.56 Å². The lowest BCUT2D eigenvalue weighted by molar-refractivity contribution is -0.121. The van der Waals surface area contributed by atoms with Gasteiger partial charge in [0.1, 0.15) is 0 Å². The molecule has 0 saturated carbocycles. The van der Waals surface area contributed by atoms with Crippen LogP contribution in [0.3, 0.4) is 0 Å². The van der Waals surface area contributed by atoms with E-state index in [2.05, 4.69) is 10.3 Å². The monoisotopic (exact) mass is 306 g/mol. The van der Waals surface area contributed by atoms with Crippen LogP contribution in [0.2, 0.25) is 0 Å². The summed E-state index contributed by atoms with van der Waals surface area (Å²) in [5.41, 5.74) is 2.39. The predicted octanol–water partition coefficient (Wildman–Crippen LogP) is 2.49. The highest BCUT2D eigenvalue weighted by Crippen LogP contribution is 2.34. The average Bonchev–Trinajstić information content (AvgIpc) is 3.11. The van der Waals surface area contributed by atoms with Crippen LogP contribution >= 0.6 is 0 Å². The fraction of sp³-hybridized carbons (Fsp3) is 0.176. The van der Waals surface area contributed by atoms with Crippen LogP contribution in [0.15, 0.2) is 64.9 Å². The van der Waals surface area contributed by atoms with E-state index < -0.39 is 12.1 Å².